The molecule has 0 bridgehead atoms. The quantitative estimate of drug-likeness (QED) is 0.883. The molecule has 3 rings (SSSR count). The molecule has 0 radical (unpaired) electrons. The zero-order valence-corrected chi connectivity index (χ0v) is 13.8. The number of Topliss-reactive ketones (excluding diaryl/α,β-unsaturated/α-hetero) is 1. The Morgan fingerprint density at radius 1 is 0.958 bits per heavy atom. The van der Waals surface area contributed by atoms with Gasteiger partial charge < -0.3 is 10.6 Å². The minimum atomic E-state index is -0.157. The van der Waals surface area contributed by atoms with Gasteiger partial charge in [-0.1, -0.05) is 23.8 Å². The molecule has 24 heavy (non-hydrogen) atoms. The molecule has 1 amide bonds. The van der Waals surface area contributed by atoms with E-state index in [1.807, 2.05) is 50.2 Å². The van der Waals surface area contributed by atoms with Crippen LogP contribution in [-0.2, 0) is 4.79 Å². The number of ketones is 1. The Labute approximate surface area is 141 Å². The summed E-state index contributed by atoms with van der Waals surface area (Å²) in [5.41, 5.74) is 5.03. The number of carbonyl (C=O) groups excluding carboxylic acids is 2. The number of allylic oxidation sites excluding steroid dienone is 2. The van der Waals surface area contributed by atoms with Gasteiger partial charge in [-0.05, 0) is 50.6 Å². The van der Waals surface area contributed by atoms with Gasteiger partial charge >= 0.3 is 0 Å². The summed E-state index contributed by atoms with van der Waals surface area (Å²) in [6.45, 7) is 3.84. The first kappa shape index (κ1) is 16.0. The minimum absolute atomic E-state index is 0.157. The van der Waals surface area contributed by atoms with Crippen molar-refractivity contribution in [1.29, 1.82) is 0 Å². The van der Waals surface area contributed by atoms with Crippen LogP contribution in [0.4, 0.5) is 11.4 Å². The van der Waals surface area contributed by atoms with Crippen molar-refractivity contribution < 1.29 is 9.59 Å². The summed E-state index contributed by atoms with van der Waals surface area (Å²) in [4.78, 5) is 24.0. The van der Waals surface area contributed by atoms with Crippen LogP contribution in [0.15, 0.2) is 59.8 Å². The fraction of sp³-hybridized carbons (Fsp3) is 0.200. The van der Waals surface area contributed by atoms with Crippen LogP contribution in [0, 0.1) is 6.92 Å². The van der Waals surface area contributed by atoms with Gasteiger partial charge in [0.2, 0.25) is 0 Å². The Morgan fingerprint density at radius 2 is 1.71 bits per heavy atom. The van der Waals surface area contributed by atoms with Crippen LogP contribution in [0.5, 0.6) is 0 Å². The number of carbonyl (C=O) groups is 2. The maximum atomic E-state index is 12.4. The Hall–Kier alpha value is -2.88. The Morgan fingerprint density at radius 3 is 2.38 bits per heavy atom. The minimum Gasteiger partial charge on any atom is -0.359 e. The summed E-state index contributed by atoms with van der Waals surface area (Å²) in [5.74, 6) is 0.0291. The average molecular weight is 320 g/mol. The van der Waals surface area contributed by atoms with Crippen LogP contribution >= 0.6 is 0 Å². The van der Waals surface area contributed by atoms with Crippen LogP contribution in [-0.4, -0.2) is 11.7 Å². The van der Waals surface area contributed by atoms with Gasteiger partial charge in [-0.15, -0.1) is 0 Å². The normalized spacial score (nSPS) is 14.0. The smallest absolute Gasteiger partial charge is 0.255 e. The number of hydrogen-bond donors (Lipinski definition) is 2. The van der Waals surface area contributed by atoms with E-state index >= 15 is 0 Å². The van der Waals surface area contributed by atoms with Gasteiger partial charge in [0.1, 0.15) is 0 Å². The standard InChI is InChI=1S/C20H20N2O2/c1-13-6-8-16(9-7-13)22-20(24)15-4-3-5-17(12-15)21-18-10-11-19(23)14(18)2/h3-9,12,21H,10-11H2,1-2H3,(H,22,24). The third-order valence-electron chi connectivity index (χ3n) is 4.20. The molecule has 0 saturated carbocycles. The highest BCUT2D eigenvalue weighted by molar-refractivity contribution is 6.05. The van der Waals surface area contributed by atoms with E-state index in [4.69, 9.17) is 0 Å². The van der Waals surface area contributed by atoms with Crippen molar-refractivity contribution in [3.63, 3.8) is 0 Å². The van der Waals surface area contributed by atoms with Gasteiger partial charge in [0.25, 0.3) is 5.91 Å². The highest BCUT2D eigenvalue weighted by Gasteiger charge is 2.19. The van der Waals surface area contributed by atoms with E-state index < -0.39 is 0 Å². The summed E-state index contributed by atoms with van der Waals surface area (Å²) >= 11 is 0. The summed E-state index contributed by atoms with van der Waals surface area (Å²) in [6.07, 6.45) is 1.28. The molecular weight excluding hydrogens is 300 g/mol. The van der Waals surface area contributed by atoms with Gasteiger partial charge in [0.05, 0.1) is 0 Å². The lowest BCUT2D eigenvalue weighted by molar-refractivity contribution is -0.114. The summed E-state index contributed by atoms with van der Waals surface area (Å²) < 4.78 is 0. The lowest BCUT2D eigenvalue weighted by Gasteiger charge is -2.10. The highest BCUT2D eigenvalue weighted by Crippen LogP contribution is 2.25. The van der Waals surface area contributed by atoms with Gasteiger partial charge in [0, 0.05) is 34.6 Å². The second kappa shape index (κ2) is 6.71. The van der Waals surface area contributed by atoms with Crippen molar-refractivity contribution in [2.75, 3.05) is 10.6 Å². The Bertz CT molecular complexity index is 820. The average Bonchev–Trinajstić information content (AvgIpc) is 2.89. The topological polar surface area (TPSA) is 58.2 Å². The third kappa shape index (κ3) is 3.54. The number of benzene rings is 2. The molecule has 0 aliphatic heterocycles. The zero-order valence-electron chi connectivity index (χ0n) is 13.8. The van der Waals surface area contributed by atoms with Gasteiger partial charge in [-0.3, -0.25) is 9.59 Å². The van der Waals surface area contributed by atoms with E-state index in [9.17, 15) is 9.59 Å². The number of anilines is 2. The Balaban J connectivity index is 1.74. The van der Waals surface area contributed by atoms with Crippen LogP contribution in [0.25, 0.3) is 0 Å². The number of hydrogen-bond acceptors (Lipinski definition) is 3. The van der Waals surface area contributed by atoms with E-state index in [0.717, 1.165) is 34.6 Å². The maximum Gasteiger partial charge on any atom is 0.255 e. The largest absolute Gasteiger partial charge is 0.359 e. The van der Waals surface area contributed by atoms with E-state index in [1.54, 1.807) is 12.1 Å². The van der Waals surface area contributed by atoms with Crippen LogP contribution in [0.2, 0.25) is 0 Å². The molecule has 0 saturated heterocycles. The summed E-state index contributed by atoms with van der Waals surface area (Å²) in [7, 11) is 0. The summed E-state index contributed by atoms with van der Waals surface area (Å²) in [5, 5.41) is 6.16. The van der Waals surface area contributed by atoms with Crippen LogP contribution in [0.1, 0.15) is 35.7 Å². The number of amides is 1. The first-order chi connectivity index (χ1) is 11.5. The SMILES string of the molecule is CC1=C(Nc2cccc(C(=O)Nc3ccc(C)cc3)c2)CCC1=O. The molecule has 2 aromatic carbocycles. The van der Waals surface area contributed by atoms with Gasteiger partial charge in [-0.2, -0.15) is 0 Å². The predicted molar refractivity (Wildman–Crippen MR) is 96.1 cm³/mol. The number of rotatable bonds is 4. The second-order valence-electron chi connectivity index (χ2n) is 6.05. The zero-order chi connectivity index (χ0) is 17.1. The summed E-state index contributed by atoms with van der Waals surface area (Å²) in [6, 6.07) is 15.0. The van der Waals surface area contributed by atoms with Crippen molar-refractivity contribution in [2.45, 2.75) is 26.7 Å². The van der Waals surface area contributed by atoms with Crippen molar-refractivity contribution in [2.24, 2.45) is 0 Å². The van der Waals surface area contributed by atoms with Crippen molar-refractivity contribution in [3.05, 3.63) is 70.9 Å². The van der Waals surface area contributed by atoms with Crippen LogP contribution < -0.4 is 10.6 Å². The lowest BCUT2D eigenvalue weighted by atomic mass is 10.1. The maximum absolute atomic E-state index is 12.4. The molecule has 1 aliphatic rings. The van der Waals surface area contributed by atoms with E-state index in [2.05, 4.69) is 10.6 Å². The van der Waals surface area contributed by atoms with E-state index in [-0.39, 0.29) is 11.7 Å². The molecule has 0 aromatic heterocycles. The Kier molecular flexibility index (Phi) is 4.47. The molecule has 1 aliphatic carbocycles. The van der Waals surface area contributed by atoms with Crippen molar-refractivity contribution >= 4 is 23.1 Å². The van der Waals surface area contributed by atoms with E-state index in [1.165, 1.54) is 0 Å². The van der Waals surface area contributed by atoms with Gasteiger partial charge in [-0.25, -0.2) is 0 Å². The number of nitrogens with one attached hydrogen (secondary N) is 2. The molecule has 122 valence electrons. The molecule has 0 heterocycles. The molecule has 0 atom stereocenters. The monoisotopic (exact) mass is 320 g/mol. The first-order valence-corrected chi connectivity index (χ1v) is 8.01. The van der Waals surface area contributed by atoms with Crippen molar-refractivity contribution in [1.82, 2.24) is 0 Å². The molecule has 4 nitrogen and oxygen atoms in total. The molecule has 2 N–H and O–H groups in total. The van der Waals surface area contributed by atoms with Crippen LogP contribution in [0.3, 0.4) is 0 Å². The predicted octanol–water partition coefficient (Wildman–Crippen LogP) is 4.30. The number of aryl methyl sites for hydroxylation is 1. The van der Waals surface area contributed by atoms with E-state index in [0.29, 0.717) is 12.0 Å². The second-order valence-corrected chi connectivity index (χ2v) is 6.05. The lowest BCUT2D eigenvalue weighted by Crippen LogP contribution is -2.12. The fourth-order valence-corrected chi connectivity index (χ4v) is 2.69. The molecular formula is C20H20N2O2. The van der Waals surface area contributed by atoms with Gasteiger partial charge in [0.15, 0.2) is 5.78 Å². The van der Waals surface area contributed by atoms with Crippen molar-refractivity contribution in [3.8, 4) is 0 Å². The third-order valence-corrected chi connectivity index (χ3v) is 4.20. The molecule has 0 spiro atoms. The molecule has 0 fully saturated rings. The first-order valence-electron chi connectivity index (χ1n) is 8.01. The molecule has 2 aromatic rings. The molecule has 0 unspecified atom stereocenters. The fourth-order valence-electron chi connectivity index (χ4n) is 2.69. The highest BCUT2D eigenvalue weighted by atomic mass is 16.1. The molecule has 4 heteroatoms.